The SMILES string of the molecule is C/C=C(\C)C(=O)N1CCC[C@H]1C(=O)N(c1ccc(C(C)(C)C)cc1)C(C(=O)NC(C)(C)C)c1cccnc1. The van der Waals surface area contributed by atoms with E-state index < -0.39 is 17.6 Å². The Morgan fingerprint density at radius 3 is 2.26 bits per heavy atom. The van der Waals surface area contributed by atoms with Crippen LogP contribution in [0.3, 0.4) is 0 Å². The quantitative estimate of drug-likeness (QED) is 0.525. The number of allylic oxidation sites excluding steroid dienone is 1. The lowest BCUT2D eigenvalue weighted by atomic mass is 9.87. The molecule has 1 aliphatic heterocycles. The lowest BCUT2D eigenvalue weighted by Crippen LogP contribution is -2.54. The zero-order valence-corrected chi connectivity index (χ0v) is 24.0. The van der Waals surface area contributed by atoms with Gasteiger partial charge in [-0.15, -0.1) is 0 Å². The molecular weight excluding hydrogens is 476 g/mol. The van der Waals surface area contributed by atoms with Gasteiger partial charge in [0, 0.05) is 41.3 Å². The van der Waals surface area contributed by atoms with Crippen molar-refractivity contribution < 1.29 is 14.4 Å². The number of aromatic nitrogens is 1. The largest absolute Gasteiger partial charge is 0.349 e. The van der Waals surface area contributed by atoms with E-state index in [1.807, 2.05) is 58.0 Å². The predicted octanol–water partition coefficient (Wildman–Crippen LogP) is 5.33. The first-order valence-corrected chi connectivity index (χ1v) is 13.3. The molecule has 204 valence electrons. The van der Waals surface area contributed by atoms with E-state index in [4.69, 9.17) is 0 Å². The summed E-state index contributed by atoms with van der Waals surface area (Å²) in [5, 5.41) is 3.06. The minimum Gasteiger partial charge on any atom is -0.349 e. The van der Waals surface area contributed by atoms with Gasteiger partial charge < -0.3 is 10.2 Å². The molecule has 3 rings (SSSR count). The van der Waals surface area contributed by atoms with Gasteiger partial charge in [-0.05, 0) is 76.6 Å². The smallest absolute Gasteiger partial charge is 0.250 e. The Hall–Kier alpha value is -3.48. The van der Waals surface area contributed by atoms with E-state index in [0.29, 0.717) is 29.8 Å². The zero-order valence-electron chi connectivity index (χ0n) is 24.0. The Kier molecular flexibility index (Phi) is 8.80. The van der Waals surface area contributed by atoms with Crippen molar-refractivity contribution in [2.45, 2.75) is 91.3 Å². The van der Waals surface area contributed by atoms with Crippen molar-refractivity contribution in [3.8, 4) is 0 Å². The molecule has 1 aromatic carbocycles. The van der Waals surface area contributed by atoms with Crippen molar-refractivity contribution in [3.63, 3.8) is 0 Å². The lowest BCUT2D eigenvalue weighted by molar-refractivity contribution is -0.135. The summed E-state index contributed by atoms with van der Waals surface area (Å²) in [6.45, 7) is 16.2. The second kappa shape index (κ2) is 11.5. The van der Waals surface area contributed by atoms with Crippen LogP contribution in [0.25, 0.3) is 0 Å². The minimum atomic E-state index is -0.962. The average molecular weight is 519 g/mol. The first-order chi connectivity index (χ1) is 17.7. The number of carbonyl (C=O) groups is 3. The number of hydrogen-bond donors (Lipinski definition) is 1. The van der Waals surface area contributed by atoms with Crippen molar-refractivity contribution in [1.82, 2.24) is 15.2 Å². The fraction of sp³-hybridized carbons (Fsp3) is 0.484. The van der Waals surface area contributed by atoms with Crippen molar-refractivity contribution in [1.29, 1.82) is 0 Å². The number of carbonyl (C=O) groups excluding carboxylic acids is 3. The molecule has 1 unspecified atom stereocenters. The average Bonchev–Trinajstić information content (AvgIpc) is 3.35. The number of hydrogen-bond acceptors (Lipinski definition) is 4. The number of likely N-dealkylation sites (tertiary alicyclic amines) is 1. The van der Waals surface area contributed by atoms with Crippen LogP contribution in [0.15, 0.2) is 60.4 Å². The van der Waals surface area contributed by atoms with Crippen LogP contribution in [0.1, 0.15) is 85.4 Å². The normalized spacial score (nSPS) is 17.2. The van der Waals surface area contributed by atoms with Crippen LogP contribution < -0.4 is 10.2 Å². The van der Waals surface area contributed by atoms with Crippen LogP contribution in [0.2, 0.25) is 0 Å². The molecule has 0 radical (unpaired) electrons. The lowest BCUT2D eigenvalue weighted by Gasteiger charge is -2.37. The molecule has 3 amide bonds. The van der Waals surface area contributed by atoms with E-state index in [1.54, 1.807) is 41.3 Å². The van der Waals surface area contributed by atoms with Gasteiger partial charge in [0.25, 0.3) is 5.91 Å². The highest BCUT2D eigenvalue weighted by atomic mass is 16.2. The summed E-state index contributed by atoms with van der Waals surface area (Å²) in [5.74, 6) is -0.733. The molecular formula is C31H42N4O3. The molecule has 0 aliphatic carbocycles. The maximum Gasteiger partial charge on any atom is 0.250 e. The topological polar surface area (TPSA) is 82.6 Å². The summed E-state index contributed by atoms with van der Waals surface area (Å²) >= 11 is 0. The van der Waals surface area contributed by atoms with E-state index in [2.05, 4.69) is 31.1 Å². The number of benzene rings is 1. The Balaban J connectivity index is 2.17. The summed E-state index contributed by atoms with van der Waals surface area (Å²) in [7, 11) is 0. The summed E-state index contributed by atoms with van der Waals surface area (Å²) in [5.41, 5.74) is 2.33. The van der Waals surface area contributed by atoms with E-state index in [-0.39, 0.29) is 23.1 Å². The molecule has 7 nitrogen and oxygen atoms in total. The third-order valence-corrected chi connectivity index (χ3v) is 6.82. The maximum atomic E-state index is 14.5. The molecule has 0 bridgehead atoms. The molecule has 1 fully saturated rings. The molecule has 2 aromatic rings. The number of nitrogens with one attached hydrogen (secondary N) is 1. The number of amides is 3. The second-order valence-corrected chi connectivity index (χ2v) is 12.1. The Labute approximate surface area is 227 Å². The summed E-state index contributed by atoms with van der Waals surface area (Å²) < 4.78 is 0. The van der Waals surface area contributed by atoms with Crippen LogP contribution >= 0.6 is 0 Å². The summed E-state index contributed by atoms with van der Waals surface area (Å²) in [4.78, 5) is 48.9. The fourth-order valence-corrected chi connectivity index (χ4v) is 4.70. The molecule has 2 atom stereocenters. The highest BCUT2D eigenvalue weighted by molar-refractivity contribution is 6.06. The third-order valence-electron chi connectivity index (χ3n) is 6.82. The van der Waals surface area contributed by atoms with Gasteiger partial charge in [-0.25, -0.2) is 0 Å². The summed E-state index contributed by atoms with van der Waals surface area (Å²) in [6.07, 6.45) is 6.29. The standard InChI is InChI=1S/C31H42N4O3/c1-9-21(2)28(37)34-19-11-13-25(34)29(38)35(24-16-14-23(15-17-24)30(3,4)5)26(22-12-10-18-32-20-22)27(36)33-31(6,7)8/h9-10,12,14-18,20,25-26H,11,13,19H2,1-8H3,(H,33,36)/b21-9+/t25-,26?/m0/s1. The molecule has 1 aliphatic rings. The van der Waals surface area contributed by atoms with Gasteiger partial charge in [0.05, 0.1) is 0 Å². The molecule has 2 heterocycles. The Morgan fingerprint density at radius 2 is 1.74 bits per heavy atom. The minimum absolute atomic E-state index is 0.0710. The number of anilines is 1. The van der Waals surface area contributed by atoms with Crippen molar-refractivity contribution in [3.05, 3.63) is 71.6 Å². The molecule has 38 heavy (non-hydrogen) atoms. The van der Waals surface area contributed by atoms with Gasteiger partial charge in [0.1, 0.15) is 12.1 Å². The van der Waals surface area contributed by atoms with Crippen LogP contribution in [-0.4, -0.2) is 45.7 Å². The van der Waals surface area contributed by atoms with Gasteiger partial charge in [-0.3, -0.25) is 24.3 Å². The van der Waals surface area contributed by atoms with Crippen molar-refractivity contribution in [2.75, 3.05) is 11.4 Å². The van der Waals surface area contributed by atoms with Crippen LogP contribution in [0.5, 0.6) is 0 Å². The van der Waals surface area contributed by atoms with Crippen LogP contribution in [0, 0.1) is 0 Å². The maximum absolute atomic E-state index is 14.5. The van der Waals surface area contributed by atoms with Crippen molar-refractivity contribution >= 4 is 23.4 Å². The molecule has 0 spiro atoms. The molecule has 1 saturated heterocycles. The third kappa shape index (κ3) is 6.69. The van der Waals surface area contributed by atoms with Crippen LogP contribution in [-0.2, 0) is 19.8 Å². The molecule has 1 aromatic heterocycles. The summed E-state index contributed by atoms with van der Waals surface area (Å²) in [6, 6.07) is 9.73. The molecule has 7 heteroatoms. The van der Waals surface area contributed by atoms with Crippen molar-refractivity contribution in [2.24, 2.45) is 0 Å². The Morgan fingerprint density at radius 1 is 1.08 bits per heavy atom. The highest BCUT2D eigenvalue weighted by Crippen LogP contribution is 2.34. The number of nitrogens with zero attached hydrogens (tertiary/aromatic N) is 3. The first-order valence-electron chi connectivity index (χ1n) is 13.3. The van der Waals surface area contributed by atoms with Gasteiger partial charge in [0.15, 0.2) is 0 Å². The van der Waals surface area contributed by atoms with E-state index in [9.17, 15) is 14.4 Å². The van der Waals surface area contributed by atoms with Gasteiger partial charge in [-0.2, -0.15) is 0 Å². The predicted molar refractivity (Wildman–Crippen MR) is 152 cm³/mol. The first kappa shape index (κ1) is 29.1. The molecule has 0 saturated carbocycles. The van der Waals surface area contributed by atoms with E-state index >= 15 is 0 Å². The zero-order chi connectivity index (χ0) is 28.3. The molecule has 1 N–H and O–H groups in total. The van der Waals surface area contributed by atoms with Gasteiger partial charge >= 0.3 is 0 Å². The second-order valence-electron chi connectivity index (χ2n) is 12.1. The monoisotopic (exact) mass is 518 g/mol. The number of pyridine rings is 1. The van der Waals surface area contributed by atoms with Crippen LogP contribution in [0.4, 0.5) is 5.69 Å². The fourth-order valence-electron chi connectivity index (χ4n) is 4.70. The van der Waals surface area contributed by atoms with Gasteiger partial charge in [0.2, 0.25) is 11.8 Å². The number of rotatable bonds is 6. The van der Waals surface area contributed by atoms with E-state index in [0.717, 1.165) is 12.0 Å². The van der Waals surface area contributed by atoms with Gasteiger partial charge in [-0.1, -0.05) is 45.0 Å². The Bertz CT molecular complexity index is 1170. The van der Waals surface area contributed by atoms with E-state index in [1.165, 1.54) is 0 Å². The highest BCUT2D eigenvalue weighted by Gasteiger charge is 2.42.